The summed E-state index contributed by atoms with van der Waals surface area (Å²) in [4.78, 5) is 12.1. The van der Waals surface area contributed by atoms with Crippen molar-refractivity contribution in [1.82, 2.24) is 9.46 Å². The van der Waals surface area contributed by atoms with Crippen molar-refractivity contribution in [2.45, 2.75) is 26.2 Å². The van der Waals surface area contributed by atoms with Gasteiger partial charge in [0.15, 0.2) is 0 Å². The molecule has 0 saturated heterocycles. The predicted molar refractivity (Wildman–Crippen MR) is 209 cm³/mol. The topological polar surface area (TPSA) is 47.8 Å². The molecule has 0 unspecified atom stereocenters. The maximum Gasteiger partial charge on any atom is 2.00 e. The first-order valence-corrected chi connectivity index (χ1v) is 17.4. The van der Waals surface area contributed by atoms with Gasteiger partial charge in [-0.3, -0.25) is 0 Å². The van der Waals surface area contributed by atoms with Gasteiger partial charge in [-0.05, 0) is 65.2 Å². The van der Waals surface area contributed by atoms with Gasteiger partial charge in [-0.15, -0.1) is 36.0 Å². The number of para-hydroxylation sites is 3. The molecule has 10 rings (SSSR count). The Morgan fingerprint density at radius 3 is 2.23 bits per heavy atom. The molecule has 0 bridgehead atoms. The van der Waals surface area contributed by atoms with Crippen molar-refractivity contribution in [2.75, 3.05) is 14.6 Å². The van der Waals surface area contributed by atoms with E-state index in [9.17, 15) is 5.11 Å². The normalized spacial score (nSPS) is 14.1. The first kappa shape index (κ1) is 32.4. The zero-order valence-corrected chi connectivity index (χ0v) is 31.2. The summed E-state index contributed by atoms with van der Waals surface area (Å²) < 4.78 is 2.32. The molecular weight excluding hydrogens is 820 g/mol. The van der Waals surface area contributed by atoms with Crippen LogP contribution in [0.2, 0.25) is 0 Å². The van der Waals surface area contributed by atoms with Crippen molar-refractivity contribution in [1.29, 1.82) is 0 Å². The summed E-state index contributed by atoms with van der Waals surface area (Å²) in [6, 6.07) is 48.1. The maximum atomic E-state index is 11.5. The average molecular weight is 855 g/mol. The van der Waals surface area contributed by atoms with E-state index in [1.165, 1.54) is 22.2 Å². The molecule has 52 heavy (non-hydrogen) atoms. The van der Waals surface area contributed by atoms with Gasteiger partial charge in [-0.25, -0.2) is 4.98 Å². The van der Waals surface area contributed by atoms with Gasteiger partial charge in [-0.2, -0.15) is 0 Å². The summed E-state index contributed by atoms with van der Waals surface area (Å²) >= 11 is 0. The summed E-state index contributed by atoms with van der Waals surface area (Å²) in [5.41, 5.74) is 13.4. The first-order valence-electron chi connectivity index (χ1n) is 17.4. The number of rotatable bonds is 3. The van der Waals surface area contributed by atoms with Gasteiger partial charge in [0.2, 0.25) is 0 Å². The molecule has 7 aromatic rings. The molecule has 0 aliphatic carbocycles. The molecule has 0 amide bonds. The third-order valence-corrected chi connectivity index (χ3v) is 10.4. The van der Waals surface area contributed by atoms with Crippen LogP contribution in [0.25, 0.3) is 44.7 Å². The smallest absolute Gasteiger partial charge is 0.507 e. The Kier molecular flexibility index (Phi) is 7.50. The summed E-state index contributed by atoms with van der Waals surface area (Å²) in [7, 11) is 0. The van der Waals surface area contributed by atoms with E-state index in [-0.39, 0.29) is 39.2 Å². The average Bonchev–Trinajstić information content (AvgIpc) is 3.81. The maximum absolute atomic E-state index is 11.5. The van der Waals surface area contributed by atoms with Crippen molar-refractivity contribution < 1.29 is 26.2 Å². The second-order valence-electron chi connectivity index (χ2n) is 14.5. The zero-order chi connectivity index (χ0) is 34.4. The van der Waals surface area contributed by atoms with Gasteiger partial charge in [-0.1, -0.05) is 111 Å². The second kappa shape index (κ2) is 12.0. The number of aromatic hydroxyl groups is 1. The van der Waals surface area contributed by atoms with Crippen LogP contribution >= 0.6 is 0 Å². The number of fused-ring (bicyclic) bond motifs is 13. The molecule has 1 N–H and O–H groups in total. The zero-order valence-electron chi connectivity index (χ0n) is 28.9. The van der Waals surface area contributed by atoms with Crippen LogP contribution in [-0.2, 0) is 26.5 Å². The number of phenols is 1. The Morgan fingerprint density at radius 2 is 1.40 bits per heavy atom. The fourth-order valence-corrected chi connectivity index (χ4v) is 7.90. The minimum Gasteiger partial charge on any atom is -0.507 e. The van der Waals surface area contributed by atoms with E-state index in [0.29, 0.717) is 0 Å². The van der Waals surface area contributed by atoms with Crippen LogP contribution in [-0.4, -0.2) is 21.6 Å². The third-order valence-electron chi connectivity index (χ3n) is 10.4. The Bertz CT molecular complexity index is 2560. The quantitative estimate of drug-likeness (QED) is 0.142. The fourth-order valence-electron chi connectivity index (χ4n) is 7.90. The molecule has 0 atom stereocenters. The molecule has 0 radical (unpaired) electrons. The van der Waals surface area contributed by atoms with Crippen LogP contribution in [0.5, 0.6) is 5.75 Å². The molecule has 3 aliphatic rings. The molecular formula is C44H34BN5OPt. The monoisotopic (exact) mass is 854 g/mol. The van der Waals surface area contributed by atoms with Crippen molar-refractivity contribution in [3.63, 3.8) is 0 Å². The number of benzene rings is 6. The Labute approximate surface area is 318 Å². The molecule has 8 heteroatoms. The number of aromatic nitrogens is 2. The minimum atomic E-state index is -0.200. The van der Waals surface area contributed by atoms with Crippen molar-refractivity contribution in [3.8, 4) is 39.4 Å². The van der Waals surface area contributed by atoms with E-state index in [0.717, 1.165) is 56.3 Å². The van der Waals surface area contributed by atoms with Gasteiger partial charge >= 0.3 is 28.0 Å². The largest absolute Gasteiger partial charge is 2.00 e. The SMILES string of the molecule is CC(C)(C)c1cc(-c2cccc3c2nc2n3B3c4ccccc4-c4ccccc4N3c3cccc(O)c3-2)[c-]c(N2C=CN(c3ccccc3)[CH-]2)c1.[Pt+2]. The van der Waals surface area contributed by atoms with Gasteiger partial charge < -0.3 is 24.2 Å². The molecule has 0 saturated carbocycles. The van der Waals surface area contributed by atoms with Crippen LogP contribution in [0, 0.1) is 12.7 Å². The molecule has 6 aromatic carbocycles. The molecule has 254 valence electrons. The van der Waals surface area contributed by atoms with Crippen LogP contribution in [0.15, 0.2) is 140 Å². The van der Waals surface area contributed by atoms with Crippen molar-refractivity contribution in [2.24, 2.45) is 0 Å². The van der Waals surface area contributed by atoms with Crippen LogP contribution < -0.4 is 20.1 Å². The number of imidazole rings is 1. The summed E-state index contributed by atoms with van der Waals surface area (Å²) in [5, 5.41) is 11.5. The van der Waals surface area contributed by atoms with Crippen molar-refractivity contribution in [3.05, 3.63) is 158 Å². The van der Waals surface area contributed by atoms with Crippen LogP contribution in [0.3, 0.4) is 0 Å². The van der Waals surface area contributed by atoms with E-state index in [1.807, 2.05) is 12.1 Å². The molecule has 0 spiro atoms. The van der Waals surface area contributed by atoms with Gasteiger partial charge in [0.1, 0.15) is 11.6 Å². The summed E-state index contributed by atoms with van der Waals surface area (Å²) in [6.45, 7) is 8.64. The molecule has 3 aliphatic heterocycles. The molecule has 4 heterocycles. The van der Waals surface area contributed by atoms with E-state index in [1.54, 1.807) is 6.07 Å². The standard InChI is InChI=1S/C44H34BN5O.Pt/c1-44(2,3)30-25-29(26-32(27-30)48-24-23-47(28-48)31-13-5-4-6-14-31)33-17-11-21-39-42(33)46-43-41-38(20-12-22-40(41)51)49-37-19-10-8-16-35(37)34-15-7-9-18-36(34)45(49)50(39)43;/h4-25,27-28,51H,1-3H3;/q-2;+2. The Balaban J connectivity index is 0.00000360. The van der Waals surface area contributed by atoms with E-state index >= 15 is 0 Å². The predicted octanol–water partition coefficient (Wildman–Crippen LogP) is 9.46. The Hall–Kier alpha value is -5.52. The van der Waals surface area contributed by atoms with E-state index in [2.05, 4.69) is 174 Å². The molecule has 6 nitrogen and oxygen atoms in total. The minimum absolute atomic E-state index is 0. The van der Waals surface area contributed by atoms with E-state index in [4.69, 9.17) is 4.98 Å². The van der Waals surface area contributed by atoms with Crippen LogP contribution in [0.1, 0.15) is 26.3 Å². The van der Waals surface area contributed by atoms with Gasteiger partial charge in [0, 0.05) is 28.1 Å². The number of hydrogen-bond donors (Lipinski definition) is 1. The van der Waals surface area contributed by atoms with Crippen molar-refractivity contribution >= 4 is 46.2 Å². The Morgan fingerprint density at radius 1 is 0.712 bits per heavy atom. The number of hydrogen-bond acceptors (Lipinski definition) is 5. The fraction of sp³-hybridized carbons (Fsp3) is 0.0909. The van der Waals surface area contributed by atoms with Gasteiger partial charge in [0.25, 0.3) is 0 Å². The molecule has 0 fully saturated rings. The third kappa shape index (κ3) is 4.87. The van der Waals surface area contributed by atoms with Gasteiger partial charge in [0.05, 0.1) is 11.1 Å². The number of nitrogens with zero attached hydrogens (tertiary/aromatic N) is 5. The van der Waals surface area contributed by atoms with Crippen LogP contribution in [0.4, 0.5) is 22.7 Å². The number of phenolic OH excluding ortho intramolecular Hbond substituents is 1. The summed E-state index contributed by atoms with van der Waals surface area (Å²) in [6.07, 6.45) is 4.16. The first-order chi connectivity index (χ1) is 24.8. The molecule has 1 aromatic heterocycles. The van der Waals surface area contributed by atoms with E-state index < -0.39 is 0 Å². The summed E-state index contributed by atoms with van der Waals surface area (Å²) in [5.74, 6) is 0.964. The second-order valence-corrected chi connectivity index (χ2v) is 14.5. The number of anilines is 4.